The van der Waals surface area contributed by atoms with Gasteiger partial charge in [0.05, 0.1) is 6.34 Å². The fraction of sp³-hybridized carbons (Fsp3) is 0.600. The fourth-order valence-corrected chi connectivity index (χ4v) is 1.71. The van der Waals surface area contributed by atoms with Crippen molar-refractivity contribution in [1.29, 1.82) is 0 Å². The molecule has 0 aliphatic carbocycles. The first-order valence-corrected chi connectivity index (χ1v) is 6.16. The number of aromatic nitrogens is 1. The fourth-order valence-electron chi connectivity index (χ4n) is 1.15. The lowest BCUT2D eigenvalue weighted by Crippen LogP contribution is -1.96. The number of nitrogen functional groups attached to an aromatic ring is 1. The lowest BCUT2D eigenvalue weighted by atomic mass is 10.2. The minimum atomic E-state index is 0.554. The summed E-state index contributed by atoms with van der Waals surface area (Å²) in [4.78, 5) is 8.29. The van der Waals surface area contributed by atoms with Crippen molar-refractivity contribution in [3.8, 4) is 0 Å². The van der Waals surface area contributed by atoms with E-state index in [1.807, 2.05) is 0 Å². The molecule has 0 fully saturated rings. The topological polar surface area (TPSA) is 63.3 Å². The quantitative estimate of drug-likeness (QED) is 0.427. The van der Waals surface area contributed by atoms with Crippen LogP contribution in [0.4, 0.5) is 10.9 Å². The molecule has 0 amide bonds. The van der Waals surface area contributed by atoms with Crippen molar-refractivity contribution in [1.82, 2.24) is 4.98 Å². The second kappa shape index (κ2) is 7.23. The van der Waals surface area contributed by atoms with Crippen molar-refractivity contribution in [2.45, 2.75) is 32.6 Å². The Labute approximate surface area is 94.6 Å². The highest BCUT2D eigenvalue weighted by atomic mass is 32.1. The molecular weight excluding hydrogens is 208 g/mol. The number of hydrogen-bond acceptors (Lipinski definition) is 4. The summed E-state index contributed by atoms with van der Waals surface area (Å²) in [5.74, 6) is 0.554. The van der Waals surface area contributed by atoms with Gasteiger partial charge in [0, 0.05) is 11.9 Å². The molecule has 0 radical (unpaired) electrons. The molecule has 0 bridgehead atoms. The number of anilines is 2. The zero-order valence-corrected chi connectivity index (χ0v) is 9.89. The summed E-state index contributed by atoms with van der Waals surface area (Å²) >= 11 is 1.48. The van der Waals surface area contributed by atoms with Crippen LogP contribution in [0.5, 0.6) is 0 Å². The summed E-state index contributed by atoms with van der Waals surface area (Å²) in [6.07, 6.45) is 6.68. The van der Waals surface area contributed by atoms with Gasteiger partial charge in [-0.3, -0.25) is 4.99 Å². The third kappa shape index (κ3) is 5.37. The molecule has 0 atom stereocenters. The van der Waals surface area contributed by atoms with Gasteiger partial charge in [-0.1, -0.05) is 26.2 Å². The Morgan fingerprint density at radius 3 is 3.07 bits per heavy atom. The van der Waals surface area contributed by atoms with Crippen LogP contribution in [0.2, 0.25) is 0 Å². The number of nitrogens with two attached hydrogens (primary N) is 1. The normalized spacial score (nSPS) is 11.0. The predicted molar refractivity (Wildman–Crippen MR) is 67.7 cm³/mol. The van der Waals surface area contributed by atoms with E-state index in [-0.39, 0.29) is 0 Å². The van der Waals surface area contributed by atoms with Gasteiger partial charge in [0.1, 0.15) is 5.82 Å². The van der Waals surface area contributed by atoms with E-state index in [0.29, 0.717) is 5.82 Å². The van der Waals surface area contributed by atoms with Crippen molar-refractivity contribution in [2.75, 3.05) is 17.6 Å². The Balaban J connectivity index is 2.06. The number of aliphatic imine (C=N–C) groups is 1. The molecule has 84 valence electrons. The van der Waals surface area contributed by atoms with Gasteiger partial charge in [-0.05, 0) is 6.42 Å². The van der Waals surface area contributed by atoms with E-state index in [1.54, 1.807) is 11.7 Å². The monoisotopic (exact) mass is 226 g/mol. The first-order chi connectivity index (χ1) is 7.33. The molecule has 0 saturated heterocycles. The summed E-state index contributed by atoms with van der Waals surface area (Å²) in [6, 6.07) is 0. The summed E-state index contributed by atoms with van der Waals surface area (Å²) < 4.78 is 0. The molecule has 0 saturated carbocycles. The molecular formula is C10H18N4S. The number of hydrogen-bond donors (Lipinski definition) is 2. The molecule has 1 rings (SSSR count). The van der Waals surface area contributed by atoms with Crippen LogP contribution >= 0.6 is 11.3 Å². The molecule has 1 aromatic rings. The Hall–Kier alpha value is -1.10. The average Bonchev–Trinajstić information content (AvgIpc) is 2.63. The van der Waals surface area contributed by atoms with E-state index in [0.717, 1.165) is 18.1 Å². The third-order valence-corrected chi connectivity index (χ3v) is 2.73. The molecule has 0 aliphatic rings. The lowest BCUT2D eigenvalue weighted by Gasteiger charge is -1.95. The Kier molecular flexibility index (Phi) is 5.77. The third-order valence-electron chi connectivity index (χ3n) is 1.94. The van der Waals surface area contributed by atoms with E-state index in [4.69, 9.17) is 5.73 Å². The Morgan fingerprint density at radius 2 is 2.40 bits per heavy atom. The van der Waals surface area contributed by atoms with Crippen LogP contribution in [-0.4, -0.2) is 17.9 Å². The number of nitrogens with zero attached hydrogens (tertiary/aromatic N) is 2. The van der Waals surface area contributed by atoms with Crippen molar-refractivity contribution in [3.05, 3.63) is 5.38 Å². The standard InChI is InChI=1S/C10H18N4S/c1-2-3-4-5-6-12-8-13-10-14-9(11)7-15-10/h7-8H,2-6,11H2,1H3,(H,12,13,14). The van der Waals surface area contributed by atoms with Crippen LogP contribution in [-0.2, 0) is 0 Å². The zero-order valence-electron chi connectivity index (χ0n) is 9.07. The molecule has 1 heterocycles. The first-order valence-electron chi connectivity index (χ1n) is 5.28. The van der Waals surface area contributed by atoms with E-state index >= 15 is 0 Å². The smallest absolute Gasteiger partial charge is 0.189 e. The minimum Gasteiger partial charge on any atom is -0.383 e. The van der Waals surface area contributed by atoms with Crippen LogP contribution in [0, 0.1) is 0 Å². The van der Waals surface area contributed by atoms with Crippen LogP contribution in [0.3, 0.4) is 0 Å². The number of thiazole rings is 1. The van der Waals surface area contributed by atoms with Gasteiger partial charge in [0.2, 0.25) is 0 Å². The maximum atomic E-state index is 5.48. The van der Waals surface area contributed by atoms with Crippen molar-refractivity contribution in [2.24, 2.45) is 4.99 Å². The average molecular weight is 226 g/mol. The van der Waals surface area contributed by atoms with Crippen molar-refractivity contribution < 1.29 is 0 Å². The van der Waals surface area contributed by atoms with E-state index in [9.17, 15) is 0 Å². The van der Waals surface area contributed by atoms with E-state index in [2.05, 4.69) is 22.2 Å². The van der Waals surface area contributed by atoms with Crippen molar-refractivity contribution >= 4 is 28.6 Å². The highest BCUT2D eigenvalue weighted by Crippen LogP contribution is 2.15. The van der Waals surface area contributed by atoms with Crippen molar-refractivity contribution in [3.63, 3.8) is 0 Å². The molecule has 15 heavy (non-hydrogen) atoms. The summed E-state index contributed by atoms with van der Waals surface area (Å²) in [6.45, 7) is 3.09. The SMILES string of the molecule is CCCCCCN=CNc1nc(N)cs1. The van der Waals surface area contributed by atoms with Gasteiger partial charge in [0.25, 0.3) is 0 Å². The van der Waals surface area contributed by atoms with Crippen LogP contribution in [0.15, 0.2) is 10.4 Å². The summed E-state index contributed by atoms with van der Waals surface area (Å²) in [7, 11) is 0. The van der Waals surface area contributed by atoms with E-state index < -0.39 is 0 Å². The second-order valence-corrected chi connectivity index (χ2v) is 4.18. The lowest BCUT2D eigenvalue weighted by molar-refractivity contribution is 0.676. The summed E-state index contributed by atoms with van der Waals surface area (Å²) in [5.41, 5.74) is 5.48. The Bertz CT molecular complexity index is 295. The molecule has 5 heteroatoms. The molecule has 0 aromatic carbocycles. The van der Waals surface area contributed by atoms with E-state index in [1.165, 1.54) is 30.6 Å². The number of unbranched alkanes of at least 4 members (excludes halogenated alkanes) is 3. The molecule has 0 unspecified atom stereocenters. The Morgan fingerprint density at radius 1 is 1.53 bits per heavy atom. The highest BCUT2D eigenvalue weighted by molar-refractivity contribution is 7.14. The highest BCUT2D eigenvalue weighted by Gasteiger charge is 1.93. The maximum absolute atomic E-state index is 5.48. The largest absolute Gasteiger partial charge is 0.383 e. The minimum absolute atomic E-state index is 0.554. The number of nitrogens with one attached hydrogen (secondary N) is 1. The van der Waals surface area contributed by atoms with Gasteiger partial charge in [-0.2, -0.15) is 0 Å². The molecule has 1 aromatic heterocycles. The van der Waals surface area contributed by atoms with Crippen LogP contribution in [0.25, 0.3) is 0 Å². The van der Waals surface area contributed by atoms with Gasteiger partial charge >= 0.3 is 0 Å². The van der Waals surface area contributed by atoms with Gasteiger partial charge in [-0.25, -0.2) is 4.98 Å². The first kappa shape index (κ1) is 12.0. The molecule has 4 nitrogen and oxygen atoms in total. The maximum Gasteiger partial charge on any atom is 0.189 e. The van der Waals surface area contributed by atoms with Gasteiger partial charge < -0.3 is 11.1 Å². The molecule has 0 spiro atoms. The molecule has 0 aliphatic heterocycles. The summed E-state index contributed by atoms with van der Waals surface area (Å²) in [5, 5.41) is 5.59. The van der Waals surface area contributed by atoms with Gasteiger partial charge in [0.15, 0.2) is 5.13 Å². The van der Waals surface area contributed by atoms with Crippen LogP contribution < -0.4 is 11.1 Å². The van der Waals surface area contributed by atoms with Crippen LogP contribution in [0.1, 0.15) is 32.6 Å². The molecule has 3 N–H and O–H groups in total. The second-order valence-electron chi connectivity index (χ2n) is 3.32. The predicted octanol–water partition coefficient (Wildman–Crippen LogP) is 2.75. The zero-order chi connectivity index (χ0) is 10.9. The van der Waals surface area contributed by atoms with Gasteiger partial charge in [-0.15, -0.1) is 11.3 Å². The number of rotatable bonds is 7.